The summed E-state index contributed by atoms with van der Waals surface area (Å²) in [7, 11) is 0. The van der Waals surface area contributed by atoms with Gasteiger partial charge in [-0.05, 0) is 40.8 Å². The summed E-state index contributed by atoms with van der Waals surface area (Å²) in [4.78, 5) is 37.6. The molecular weight excluding hydrogens is 613 g/mol. The van der Waals surface area contributed by atoms with Gasteiger partial charge in [-0.15, -0.1) is 6.58 Å². The van der Waals surface area contributed by atoms with Crippen LogP contribution in [0.15, 0.2) is 49.6 Å². The number of hydrogen-bond acceptors (Lipinski definition) is 7. The molecule has 0 radical (unpaired) electrons. The Hall–Kier alpha value is -4.26. The molecule has 0 fully saturated rings. The van der Waals surface area contributed by atoms with Crippen molar-refractivity contribution in [3.05, 3.63) is 71.8 Å². The first-order chi connectivity index (χ1) is 19.7. The molecule has 0 spiro atoms. The summed E-state index contributed by atoms with van der Waals surface area (Å²) >= 11 is 0. The van der Waals surface area contributed by atoms with E-state index >= 15 is 0 Å². The lowest BCUT2D eigenvalue weighted by atomic mass is 9.97. The van der Waals surface area contributed by atoms with Gasteiger partial charge in [0.2, 0.25) is 0 Å². The van der Waals surface area contributed by atoms with E-state index in [4.69, 9.17) is 34.4 Å². The molecule has 0 amide bonds. The first kappa shape index (κ1) is 38.7. The highest BCUT2D eigenvalue weighted by Gasteiger charge is 2.39. The number of rotatable bonds is 6. The van der Waals surface area contributed by atoms with Crippen LogP contribution in [0, 0.1) is 0 Å². The molecule has 3 N–H and O–H groups in total. The van der Waals surface area contributed by atoms with E-state index in [1.165, 1.54) is 22.3 Å². The lowest BCUT2D eigenvalue weighted by Crippen LogP contribution is -2.31. The third kappa shape index (κ3) is 16.7. The summed E-state index contributed by atoms with van der Waals surface area (Å²) in [6, 6.07) is 4.15. The summed E-state index contributed by atoms with van der Waals surface area (Å²) in [5.74, 6) is -8.27. The van der Waals surface area contributed by atoms with Crippen molar-refractivity contribution in [2.24, 2.45) is 0 Å². The lowest BCUT2D eigenvalue weighted by Gasteiger charge is -2.29. The number of hydrogen-bond donors (Lipinski definition) is 3. The van der Waals surface area contributed by atoms with E-state index in [1.807, 2.05) is 24.8 Å². The van der Waals surface area contributed by atoms with Crippen LogP contribution >= 0.6 is 0 Å². The highest BCUT2D eigenvalue weighted by molar-refractivity contribution is 5.73. The van der Waals surface area contributed by atoms with E-state index in [0.717, 1.165) is 26.1 Å². The van der Waals surface area contributed by atoms with Crippen LogP contribution in [-0.2, 0) is 45.2 Å². The lowest BCUT2D eigenvalue weighted by molar-refractivity contribution is -0.193. The molecule has 0 saturated carbocycles. The zero-order valence-electron chi connectivity index (χ0n) is 21.7. The summed E-state index contributed by atoms with van der Waals surface area (Å²) in [5.41, 5.74) is 5.24. The van der Waals surface area contributed by atoms with Crippen molar-refractivity contribution in [2.45, 2.75) is 44.6 Å². The molecule has 240 valence electrons. The Morgan fingerprint density at radius 3 is 1.74 bits per heavy atom. The van der Waals surface area contributed by atoms with Crippen LogP contribution in [-0.4, -0.2) is 79.8 Å². The maximum absolute atomic E-state index is 10.6. The number of carbonyl (C=O) groups is 3. The van der Waals surface area contributed by atoms with Gasteiger partial charge < -0.3 is 20.1 Å². The molecule has 1 aliphatic rings. The highest BCUT2D eigenvalue weighted by Crippen LogP contribution is 2.23. The van der Waals surface area contributed by atoms with Crippen molar-refractivity contribution in [2.75, 3.05) is 13.2 Å². The third-order valence-electron chi connectivity index (χ3n) is 4.68. The molecule has 43 heavy (non-hydrogen) atoms. The third-order valence-corrected chi connectivity index (χ3v) is 4.68. The molecule has 2 aromatic rings. The molecule has 0 saturated heterocycles. The monoisotopic (exact) mass is 637 g/mol. The Balaban J connectivity index is 0.000000690. The van der Waals surface area contributed by atoms with E-state index in [-0.39, 0.29) is 0 Å². The number of fused-ring (bicyclic) bond motifs is 1. The Kier molecular flexibility index (Phi) is 15.9. The van der Waals surface area contributed by atoms with Crippen LogP contribution < -0.4 is 0 Å². The van der Waals surface area contributed by atoms with E-state index in [9.17, 15) is 39.5 Å². The molecular formula is C24H24F9N3O7. The van der Waals surface area contributed by atoms with Crippen LogP contribution in [0.3, 0.4) is 0 Å². The maximum atomic E-state index is 10.6. The van der Waals surface area contributed by atoms with Crippen molar-refractivity contribution >= 4 is 17.9 Å². The number of halogens is 9. The zero-order chi connectivity index (χ0) is 33.4. The largest absolute Gasteiger partial charge is 0.490 e. The molecule has 0 unspecified atom stereocenters. The number of aromatic nitrogens is 2. The first-order valence-corrected chi connectivity index (χ1v) is 11.3. The first-order valence-electron chi connectivity index (χ1n) is 11.3. The van der Waals surface area contributed by atoms with Gasteiger partial charge in [0.25, 0.3) is 0 Å². The Morgan fingerprint density at radius 1 is 0.860 bits per heavy atom. The van der Waals surface area contributed by atoms with Gasteiger partial charge in [0, 0.05) is 44.4 Å². The quantitative estimate of drug-likeness (QED) is 0.232. The van der Waals surface area contributed by atoms with Crippen LogP contribution in [0.5, 0.6) is 0 Å². The molecule has 0 aliphatic carbocycles. The SMILES string of the molecule is C=CCOCc1cncc2c1CCN(Cc1ccncc1)C2.O=C(O)C(F)(F)F.O=C(O)C(F)(F)F.O=C(O)C(F)(F)F. The van der Waals surface area contributed by atoms with Gasteiger partial charge in [0.1, 0.15) is 0 Å². The Morgan fingerprint density at radius 2 is 1.33 bits per heavy atom. The van der Waals surface area contributed by atoms with Gasteiger partial charge in [-0.25, -0.2) is 14.4 Å². The van der Waals surface area contributed by atoms with Crippen molar-refractivity contribution in [1.29, 1.82) is 0 Å². The minimum absolute atomic E-state index is 0.581. The maximum Gasteiger partial charge on any atom is 0.490 e. The number of carboxylic acids is 3. The second kappa shape index (κ2) is 17.6. The van der Waals surface area contributed by atoms with Gasteiger partial charge in [0.15, 0.2) is 0 Å². The predicted molar refractivity (Wildman–Crippen MR) is 127 cm³/mol. The summed E-state index contributed by atoms with van der Waals surface area (Å²) in [5, 5.41) is 21.4. The number of aliphatic carboxylic acids is 3. The van der Waals surface area contributed by atoms with Gasteiger partial charge in [0.05, 0.1) is 13.2 Å². The van der Waals surface area contributed by atoms with E-state index in [1.54, 1.807) is 6.08 Å². The molecule has 3 heterocycles. The number of ether oxygens (including phenoxy) is 1. The minimum atomic E-state index is -5.08. The van der Waals surface area contributed by atoms with Crippen molar-refractivity contribution in [1.82, 2.24) is 14.9 Å². The summed E-state index contributed by atoms with van der Waals surface area (Å²) in [6.45, 7) is 7.84. The summed E-state index contributed by atoms with van der Waals surface area (Å²) in [6.07, 6.45) is -4.80. The van der Waals surface area contributed by atoms with Crippen LogP contribution in [0.2, 0.25) is 0 Å². The van der Waals surface area contributed by atoms with Gasteiger partial charge in [-0.3, -0.25) is 14.9 Å². The Labute approximate surface area is 237 Å². The van der Waals surface area contributed by atoms with Crippen molar-refractivity contribution < 1.29 is 74.0 Å². The molecule has 0 atom stereocenters. The topological polar surface area (TPSA) is 150 Å². The van der Waals surface area contributed by atoms with Gasteiger partial charge >= 0.3 is 36.4 Å². The predicted octanol–water partition coefficient (Wildman–Crippen LogP) is 4.64. The van der Waals surface area contributed by atoms with Gasteiger partial charge in [-0.2, -0.15) is 39.5 Å². The fourth-order valence-electron chi connectivity index (χ4n) is 2.88. The van der Waals surface area contributed by atoms with E-state index in [0.29, 0.717) is 13.2 Å². The van der Waals surface area contributed by atoms with Crippen LogP contribution in [0.25, 0.3) is 0 Å². The highest BCUT2D eigenvalue weighted by atomic mass is 19.4. The number of alkyl halides is 9. The second-order valence-corrected chi connectivity index (χ2v) is 7.96. The second-order valence-electron chi connectivity index (χ2n) is 7.96. The average Bonchev–Trinajstić information content (AvgIpc) is 2.89. The molecule has 0 bridgehead atoms. The Bertz CT molecular complexity index is 1130. The number of pyridine rings is 2. The average molecular weight is 637 g/mol. The fraction of sp³-hybridized carbons (Fsp3) is 0.375. The van der Waals surface area contributed by atoms with Crippen molar-refractivity contribution in [3.63, 3.8) is 0 Å². The zero-order valence-corrected chi connectivity index (χ0v) is 21.7. The summed E-state index contributed by atoms with van der Waals surface area (Å²) < 4.78 is 101. The van der Waals surface area contributed by atoms with Crippen molar-refractivity contribution in [3.8, 4) is 0 Å². The number of carboxylic acid groups (broad SMARTS) is 3. The van der Waals surface area contributed by atoms with Crippen LogP contribution in [0.4, 0.5) is 39.5 Å². The van der Waals surface area contributed by atoms with Crippen LogP contribution in [0.1, 0.15) is 22.3 Å². The minimum Gasteiger partial charge on any atom is -0.475 e. The molecule has 2 aromatic heterocycles. The smallest absolute Gasteiger partial charge is 0.475 e. The number of nitrogens with zero attached hydrogens (tertiary/aromatic N) is 3. The van der Waals surface area contributed by atoms with E-state index in [2.05, 4.69) is 33.6 Å². The van der Waals surface area contributed by atoms with E-state index < -0.39 is 36.4 Å². The van der Waals surface area contributed by atoms with Gasteiger partial charge in [-0.1, -0.05) is 6.08 Å². The standard InChI is InChI=1S/C18H21N3O.3C2HF3O2/c1-2-9-22-14-17-11-20-10-16-13-21(8-5-18(16)17)12-15-3-6-19-7-4-15;3*3-2(4,5)1(6)7/h2-4,6-7,10-11H,1,5,8-9,12-14H2;3*(H,6,7). The normalized spacial score (nSPS) is 13.0. The molecule has 1 aliphatic heterocycles. The molecule has 10 nitrogen and oxygen atoms in total. The molecule has 19 heteroatoms. The molecule has 3 rings (SSSR count). The molecule has 0 aromatic carbocycles. The fourth-order valence-corrected chi connectivity index (χ4v) is 2.88.